The molecule has 0 spiro atoms. The van der Waals surface area contributed by atoms with Crippen LogP contribution < -0.4 is 26.7 Å². The molecule has 5 rings (SSSR count). The van der Waals surface area contributed by atoms with E-state index in [1.54, 1.807) is 4.57 Å². The van der Waals surface area contributed by atoms with Gasteiger partial charge in [0.25, 0.3) is 5.56 Å². The van der Waals surface area contributed by atoms with E-state index in [1.807, 2.05) is 11.8 Å². The second kappa shape index (κ2) is 5.69. The van der Waals surface area contributed by atoms with Crippen molar-refractivity contribution in [3.63, 3.8) is 0 Å². The van der Waals surface area contributed by atoms with Gasteiger partial charge in [0.2, 0.25) is 0 Å². The summed E-state index contributed by atoms with van der Waals surface area (Å²) in [5.41, 5.74) is 13.8. The van der Waals surface area contributed by atoms with E-state index >= 15 is 4.39 Å². The van der Waals surface area contributed by atoms with E-state index in [1.165, 1.54) is 12.1 Å². The van der Waals surface area contributed by atoms with E-state index in [4.69, 9.17) is 16.2 Å². The van der Waals surface area contributed by atoms with Crippen molar-refractivity contribution in [3.05, 3.63) is 33.9 Å². The standard InChI is InChI=1S/C20H25FN4O2/c1-11-10-27-19-17-14(12(8-22)6-16(26)25(11)17)7-15(21)18(19)24-5-2-13(9-24)20(23)3-4-20/h6-7,11,13H,2-5,8-10,22-23H2,1H3/t11-,13+/m0/s1. The fraction of sp³-hybridized carbons (Fsp3) is 0.550. The van der Waals surface area contributed by atoms with Gasteiger partial charge in [-0.3, -0.25) is 9.36 Å². The van der Waals surface area contributed by atoms with Crippen LogP contribution in [0.15, 0.2) is 16.9 Å². The fourth-order valence-corrected chi connectivity index (χ4v) is 4.80. The van der Waals surface area contributed by atoms with Gasteiger partial charge in [0, 0.05) is 36.6 Å². The Balaban J connectivity index is 1.71. The smallest absolute Gasteiger partial charge is 0.251 e. The summed E-state index contributed by atoms with van der Waals surface area (Å²) in [5.74, 6) is 0.521. The molecule has 3 aliphatic rings. The van der Waals surface area contributed by atoms with E-state index < -0.39 is 0 Å². The first-order valence-corrected chi connectivity index (χ1v) is 9.70. The van der Waals surface area contributed by atoms with Gasteiger partial charge >= 0.3 is 0 Å². The average molecular weight is 372 g/mol. The SMILES string of the molecule is C[C@H]1COc2c(N3CC[C@@H](C4(N)CC4)C3)c(F)cc3c(CN)cc(=O)n1c23. The monoisotopic (exact) mass is 372 g/mol. The summed E-state index contributed by atoms with van der Waals surface area (Å²) in [4.78, 5) is 14.7. The molecule has 1 aliphatic carbocycles. The molecule has 2 atom stereocenters. The maximum Gasteiger partial charge on any atom is 0.251 e. The maximum atomic E-state index is 15.2. The van der Waals surface area contributed by atoms with Crippen molar-refractivity contribution in [2.75, 3.05) is 24.6 Å². The van der Waals surface area contributed by atoms with Crippen LogP contribution in [-0.4, -0.2) is 29.8 Å². The summed E-state index contributed by atoms with van der Waals surface area (Å²) in [5, 5.41) is 0.660. The number of pyridine rings is 1. The number of nitrogens with zero attached hydrogens (tertiary/aromatic N) is 2. The molecule has 3 heterocycles. The summed E-state index contributed by atoms with van der Waals surface area (Å²) < 4.78 is 23.0. The minimum absolute atomic E-state index is 0.0799. The second-order valence-corrected chi connectivity index (χ2v) is 8.34. The highest BCUT2D eigenvalue weighted by Gasteiger charge is 2.48. The maximum absolute atomic E-state index is 15.2. The Morgan fingerprint density at radius 3 is 2.85 bits per heavy atom. The molecule has 0 unspecified atom stereocenters. The molecule has 1 aromatic heterocycles. The number of rotatable bonds is 3. The van der Waals surface area contributed by atoms with Crippen molar-refractivity contribution >= 4 is 16.6 Å². The molecule has 2 aromatic rings. The highest BCUT2D eigenvalue weighted by Crippen LogP contribution is 2.48. The van der Waals surface area contributed by atoms with Gasteiger partial charge in [0.1, 0.15) is 12.3 Å². The third kappa shape index (κ3) is 2.41. The molecule has 1 saturated heterocycles. The number of benzene rings is 1. The van der Waals surface area contributed by atoms with Crippen molar-refractivity contribution in [3.8, 4) is 5.75 Å². The molecule has 0 amide bonds. The summed E-state index contributed by atoms with van der Waals surface area (Å²) >= 11 is 0. The van der Waals surface area contributed by atoms with Gasteiger partial charge < -0.3 is 21.1 Å². The van der Waals surface area contributed by atoms with Crippen LogP contribution in [0.5, 0.6) is 5.75 Å². The number of ether oxygens (including phenoxy) is 1. The normalized spacial score (nSPS) is 25.7. The summed E-state index contributed by atoms with van der Waals surface area (Å²) in [7, 11) is 0. The van der Waals surface area contributed by atoms with Crippen LogP contribution in [0.1, 0.15) is 37.8 Å². The Labute approximate surface area is 156 Å². The number of nitrogens with two attached hydrogens (primary N) is 2. The quantitative estimate of drug-likeness (QED) is 0.859. The Hall–Kier alpha value is -2.12. The Morgan fingerprint density at radius 1 is 1.37 bits per heavy atom. The van der Waals surface area contributed by atoms with Gasteiger partial charge in [-0.05, 0) is 43.7 Å². The largest absolute Gasteiger partial charge is 0.487 e. The summed E-state index contributed by atoms with van der Waals surface area (Å²) in [6.07, 6.45) is 3.05. The van der Waals surface area contributed by atoms with Crippen molar-refractivity contribution in [2.45, 2.75) is 44.3 Å². The Kier molecular flexibility index (Phi) is 3.58. The summed E-state index contributed by atoms with van der Waals surface area (Å²) in [6.45, 7) is 3.94. The number of hydrogen-bond donors (Lipinski definition) is 2. The minimum Gasteiger partial charge on any atom is -0.487 e. The van der Waals surface area contributed by atoms with Gasteiger partial charge in [-0.15, -0.1) is 0 Å². The van der Waals surface area contributed by atoms with Crippen LogP contribution >= 0.6 is 0 Å². The Morgan fingerprint density at radius 2 is 2.15 bits per heavy atom. The van der Waals surface area contributed by atoms with Crippen LogP contribution in [0.25, 0.3) is 10.9 Å². The highest BCUT2D eigenvalue weighted by atomic mass is 19.1. The van der Waals surface area contributed by atoms with E-state index in [0.717, 1.165) is 32.4 Å². The van der Waals surface area contributed by atoms with Crippen molar-refractivity contribution in [2.24, 2.45) is 17.4 Å². The van der Waals surface area contributed by atoms with Gasteiger partial charge in [-0.2, -0.15) is 0 Å². The van der Waals surface area contributed by atoms with Crippen molar-refractivity contribution in [1.82, 2.24) is 4.57 Å². The molecule has 144 valence electrons. The molecule has 6 nitrogen and oxygen atoms in total. The molecule has 0 bridgehead atoms. The first kappa shape index (κ1) is 17.0. The molecule has 2 fully saturated rings. The predicted octanol–water partition coefficient (Wildman–Crippen LogP) is 1.87. The summed E-state index contributed by atoms with van der Waals surface area (Å²) in [6, 6.07) is 2.92. The molecular weight excluding hydrogens is 347 g/mol. The number of hydrogen-bond acceptors (Lipinski definition) is 5. The average Bonchev–Trinajstić information content (AvgIpc) is 3.20. The minimum atomic E-state index is -0.325. The number of aromatic nitrogens is 1. The molecule has 7 heteroatoms. The molecule has 4 N–H and O–H groups in total. The second-order valence-electron chi connectivity index (χ2n) is 8.34. The molecule has 1 aromatic carbocycles. The lowest BCUT2D eigenvalue weighted by atomic mass is 9.97. The molecule has 1 saturated carbocycles. The van der Waals surface area contributed by atoms with Crippen molar-refractivity contribution < 1.29 is 9.13 Å². The topological polar surface area (TPSA) is 86.5 Å². The van der Waals surface area contributed by atoms with Gasteiger partial charge in [0.05, 0.1) is 11.6 Å². The van der Waals surface area contributed by atoms with E-state index in [9.17, 15) is 4.79 Å². The molecular formula is C20H25FN4O2. The zero-order chi connectivity index (χ0) is 18.9. The van der Waals surface area contributed by atoms with E-state index in [-0.39, 0.29) is 29.5 Å². The van der Waals surface area contributed by atoms with Crippen molar-refractivity contribution in [1.29, 1.82) is 0 Å². The highest BCUT2D eigenvalue weighted by molar-refractivity contribution is 5.94. The Bertz CT molecular complexity index is 998. The number of anilines is 1. The third-order valence-electron chi connectivity index (χ3n) is 6.58. The molecule has 27 heavy (non-hydrogen) atoms. The van der Waals surface area contributed by atoms with Gasteiger partial charge in [0.15, 0.2) is 11.6 Å². The van der Waals surface area contributed by atoms with Crippen LogP contribution in [0.3, 0.4) is 0 Å². The van der Waals surface area contributed by atoms with Crippen LogP contribution in [0.2, 0.25) is 0 Å². The lowest BCUT2D eigenvalue weighted by molar-refractivity contribution is 0.244. The van der Waals surface area contributed by atoms with Crippen LogP contribution in [0, 0.1) is 11.7 Å². The van der Waals surface area contributed by atoms with Crippen LogP contribution in [-0.2, 0) is 6.54 Å². The number of halogens is 1. The lowest BCUT2D eigenvalue weighted by Gasteiger charge is -2.31. The van der Waals surface area contributed by atoms with Gasteiger partial charge in [-0.1, -0.05) is 0 Å². The zero-order valence-electron chi connectivity index (χ0n) is 15.5. The molecule has 0 radical (unpaired) electrons. The van der Waals surface area contributed by atoms with E-state index in [0.29, 0.717) is 40.4 Å². The van der Waals surface area contributed by atoms with Crippen LogP contribution in [0.4, 0.5) is 10.1 Å². The fourth-order valence-electron chi connectivity index (χ4n) is 4.80. The molecule has 2 aliphatic heterocycles. The lowest BCUT2D eigenvalue weighted by Crippen LogP contribution is -2.35. The van der Waals surface area contributed by atoms with Gasteiger partial charge in [-0.25, -0.2) is 4.39 Å². The first-order chi connectivity index (χ1) is 12.9. The zero-order valence-corrected chi connectivity index (χ0v) is 15.5. The third-order valence-corrected chi connectivity index (χ3v) is 6.58. The predicted molar refractivity (Wildman–Crippen MR) is 103 cm³/mol. The van der Waals surface area contributed by atoms with E-state index in [2.05, 4.69) is 0 Å². The first-order valence-electron chi connectivity index (χ1n) is 9.70.